The molecule has 1 N–H and O–H groups in total. The van der Waals surface area contributed by atoms with Crippen LogP contribution in [0.3, 0.4) is 0 Å². The fourth-order valence-corrected chi connectivity index (χ4v) is 2.62. The Morgan fingerprint density at radius 3 is 2.32 bits per heavy atom. The van der Waals surface area contributed by atoms with Gasteiger partial charge in [0.05, 0.1) is 17.6 Å². The van der Waals surface area contributed by atoms with Crippen LogP contribution in [0.2, 0.25) is 0 Å². The van der Waals surface area contributed by atoms with Gasteiger partial charge in [-0.2, -0.15) is 8.42 Å². The monoisotopic (exact) mass is 287 g/mol. The van der Waals surface area contributed by atoms with Gasteiger partial charge in [-0.25, -0.2) is 0 Å². The van der Waals surface area contributed by atoms with Crippen LogP contribution in [0, 0.1) is 0 Å². The lowest BCUT2D eigenvalue weighted by Gasteiger charge is -2.21. The van der Waals surface area contributed by atoms with E-state index in [2.05, 4.69) is 0 Å². The van der Waals surface area contributed by atoms with Crippen molar-refractivity contribution in [1.82, 2.24) is 4.90 Å². The lowest BCUT2D eigenvalue weighted by atomic mass is 10.3. The molecule has 0 saturated heterocycles. The minimum absolute atomic E-state index is 0.102. The van der Waals surface area contributed by atoms with Crippen LogP contribution in [0.1, 0.15) is 13.8 Å². The van der Waals surface area contributed by atoms with Gasteiger partial charge in [-0.1, -0.05) is 32.0 Å². The minimum atomic E-state index is -3.78. The molecule has 1 rings (SSSR count). The van der Waals surface area contributed by atoms with Crippen LogP contribution in [-0.2, 0) is 14.3 Å². The molecule has 5 nitrogen and oxygen atoms in total. The maximum atomic E-state index is 11.8. The average Bonchev–Trinajstić information content (AvgIpc) is 2.43. The molecular formula is C13H21NO4S. The van der Waals surface area contributed by atoms with Gasteiger partial charge in [0.25, 0.3) is 10.1 Å². The molecule has 0 fully saturated rings. The summed E-state index contributed by atoms with van der Waals surface area (Å²) in [5, 5.41) is 9.76. The third-order valence-corrected chi connectivity index (χ3v) is 4.11. The zero-order chi connectivity index (χ0) is 14.3. The second kappa shape index (κ2) is 7.59. The first-order valence-electron chi connectivity index (χ1n) is 6.34. The molecule has 0 saturated carbocycles. The molecule has 0 spiro atoms. The number of hydrogen-bond donors (Lipinski definition) is 1. The van der Waals surface area contributed by atoms with E-state index in [1.165, 1.54) is 12.1 Å². The third kappa shape index (κ3) is 5.28. The van der Waals surface area contributed by atoms with Crippen molar-refractivity contribution < 1.29 is 17.7 Å². The molecule has 108 valence electrons. The van der Waals surface area contributed by atoms with Crippen molar-refractivity contribution >= 4 is 10.1 Å². The first-order chi connectivity index (χ1) is 8.99. The number of benzene rings is 1. The molecule has 0 amide bonds. The van der Waals surface area contributed by atoms with E-state index in [4.69, 9.17) is 4.18 Å². The van der Waals surface area contributed by atoms with Gasteiger partial charge in [-0.15, -0.1) is 0 Å². The summed E-state index contributed by atoms with van der Waals surface area (Å²) in [4.78, 5) is 2.11. The van der Waals surface area contributed by atoms with Crippen LogP contribution >= 0.6 is 0 Å². The molecule has 0 aliphatic heterocycles. The van der Waals surface area contributed by atoms with Gasteiger partial charge < -0.3 is 10.0 Å². The van der Waals surface area contributed by atoms with E-state index in [0.29, 0.717) is 6.54 Å². The van der Waals surface area contributed by atoms with Gasteiger partial charge in [0.1, 0.15) is 0 Å². The Bertz CT molecular complexity index is 457. The van der Waals surface area contributed by atoms with Gasteiger partial charge >= 0.3 is 0 Å². The summed E-state index contributed by atoms with van der Waals surface area (Å²) in [7, 11) is -3.78. The Morgan fingerprint density at radius 1 is 1.21 bits per heavy atom. The summed E-state index contributed by atoms with van der Waals surface area (Å²) in [6.45, 7) is 5.75. The van der Waals surface area contributed by atoms with E-state index in [1.807, 2.05) is 18.7 Å². The molecule has 19 heavy (non-hydrogen) atoms. The summed E-state index contributed by atoms with van der Waals surface area (Å²) in [5.74, 6) is 0. The number of rotatable bonds is 8. The van der Waals surface area contributed by atoms with Crippen LogP contribution in [0.25, 0.3) is 0 Å². The summed E-state index contributed by atoms with van der Waals surface area (Å²) in [6, 6.07) is 7.91. The number of likely N-dealkylation sites (N-methyl/N-ethyl adjacent to an activating group) is 1. The fourth-order valence-electron chi connectivity index (χ4n) is 1.66. The van der Waals surface area contributed by atoms with Crippen LogP contribution in [0.5, 0.6) is 0 Å². The van der Waals surface area contributed by atoms with Gasteiger partial charge in [-0.05, 0) is 25.2 Å². The Balaban J connectivity index is 2.52. The third-order valence-electron chi connectivity index (χ3n) is 2.81. The summed E-state index contributed by atoms with van der Waals surface area (Å²) in [6.07, 6.45) is -0.821. The molecule has 0 radical (unpaired) electrons. The molecule has 0 aliphatic rings. The Morgan fingerprint density at radius 2 is 1.79 bits per heavy atom. The minimum Gasteiger partial charge on any atom is -0.389 e. The highest BCUT2D eigenvalue weighted by Gasteiger charge is 2.17. The van der Waals surface area contributed by atoms with Crippen molar-refractivity contribution in [2.75, 3.05) is 26.2 Å². The highest BCUT2D eigenvalue weighted by atomic mass is 32.2. The van der Waals surface area contributed by atoms with E-state index in [-0.39, 0.29) is 11.5 Å². The van der Waals surface area contributed by atoms with Crippen LogP contribution in [0.15, 0.2) is 35.2 Å². The number of aliphatic hydroxyl groups is 1. The topological polar surface area (TPSA) is 66.8 Å². The number of hydrogen-bond acceptors (Lipinski definition) is 5. The lowest BCUT2D eigenvalue weighted by Crippen LogP contribution is -2.35. The van der Waals surface area contributed by atoms with Crippen LogP contribution < -0.4 is 0 Å². The molecule has 0 bridgehead atoms. The van der Waals surface area contributed by atoms with Crippen LogP contribution in [0.4, 0.5) is 0 Å². The predicted octanol–water partition coefficient (Wildman–Crippen LogP) is 1.09. The van der Waals surface area contributed by atoms with Crippen molar-refractivity contribution in [3.63, 3.8) is 0 Å². The summed E-state index contributed by atoms with van der Waals surface area (Å²) in [5.41, 5.74) is 0. The standard InChI is InChI=1S/C13H21NO4S/c1-3-14(4-2)10-12(15)11-18-19(16,17)13-8-6-5-7-9-13/h5-9,12,15H,3-4,10-11H2,1-2H3. The van der Waals surface area contributed by atoms with Crippen molar-refractivity contribution in [2.45, 2.75) is 24.8 Å². The van der Waals surface area contributed by atoms with Gasteiger partial charge in [-0.3, -0.25) is 4.18 Å². The van der Waals surface area contributed by atoms with Crippen molar-refractivity contribution in [2.24, 2.45) is 0 Å². The molecular weight excluding hydrogens is 266 g/mol. The Labute approximate surface area is 114 Å². The highest BCUT2D eigenvalue weighted by molar-refractivity contribution is 7.86. The first-order valence-corrected chi connectivity index (χ1v) is 7.75. The molecule has 0 heterocycles. The average molecular weight is 287 g/mol. The fraction of sp³-hybridized carbons (Fsp3) is 0.538. The van der Waals surface area contributed by atoms with Crippen LogP contribution in [-0.4, -0.2) is 50.8 Å². The van der Waals surface area contributed by atoms with Crippen molar-refractivity contribution in [3.8, 4) is 0 Å². The number of nitrogens with zero attached hydrogens (tertiary/aromatic N) is 1. The molecule has 1 aromatic carbocycles. The summed E-state index contributed by atoms with van der Waals surface area (Å²) < 4.78 is 28.5. The van der Waals surface area contributed by atoms with Crippen molar-refractivity contribution in [3.05, 3.63) is 30.3 Å². The van der Waals surface area contributed by atoms with Gasteiger partial charge in [0.2, 0.25) is 0 Å². The Hall–Kier alpha value is -0.950. The van der Waals surface area contributed by atoms with E-state index in [0.717, 1.165) is 13.1 Å². The molecule has 1 unspecified atom stereocenters. The normalized spacial score (nSPS) is 13.7. The zero-order valence-corrected chi connectivity index (χ0v) is 12.1. The van der Waals surface area contributed by atoms with Gasteiger partial charge in [0.15, 0.2) is 0 Å². The van der Waals surface area contributed by atoms with E-state index in [9.17, 15) is 13.5 Å². The summed E-state index contributed by atoms with van der Waals surface area (Å²) >= 11 is 0. The highest BCUT2D eigenvalue weighted by Crippen LogP contribution is 2.11. The zero-order valence-electron chi connectivity index (χ0n) is 11.3. The molecule has 0 aromatic heterocycles. The van der Waals surface area contributed by atoms with Gasteiger partial charge in [0, 0.05) is 6.54 Å². The second-order valence-electron chi connectivity index (χ2n) is 4.19. The lowest BCUT2D eigenvalue weighted by molar-refractivity contribution is 0.0739. The maximum Gasteiger partial charge on any atom is 0.297 e. The maximum absolute atomic E-state index is 11.8. The molecule has 1 atom stereocenters. The SMILES string of the molecule is CCN(CC)CC(O)COS(=O)(=O)c1ccccc1. The largest absolute Gasteiger partial charge is 0.389 e. The molecule has 1 aromatic rings. The quantitative estimate of drug-likeness (QED) is 0.725. The molecule has 6 heteroatoms. The first kappa shape index (κ1) is 16.1. The number of aliphatic hydroxyl groups excluding tert-OH is 1. The van der Waals surface area contributed by atoms with E-state index >= 15 is 0 Å². The predicted molar refractivity (Wildman–Crippen MR) is 73.4 cm³/mol. The molecule has 0 aliphatic carbocycles. The van der Waals surface area contributed by atoms with Crippen molar-refractivity contribution in [1.29, 1.82) is 0 Å². The Kier molecular flexibility index (Phi) is 6.44. The smallest absolute Gasteiger partial charge is 0.297 e. The second-order valence-corrected chi connectivity index (χ2v) is 5.81. The van der Waals surface area contributed by atoms with E-state index < -0.39 is 16.2 Å². The van der Waals surface area contributed by atoms with E-state index in [1.54, 1.807) is 18.2 Å².